The molecular weight excluding hydrogens is 284 g/mol. The Labute approximate surface area is 127 Å². The number of hydrogen-bond donors (Lipinski definition) is 1. The van der Waals surface area contributed by atoms with Crippen LogP contribution in [0.15, 0.2) is 48.5 Å². The molecule has 0 aliphatic heterocycles. The Morgan fingerprint density at radius 1 is 1.23 bits per heavy atom. The summed E-state index contributed by atoms with van der Waals surface area (Å²) in [4.78, 5) is 22.0. The van der Waals surface area contributed by atoms with Crippen molar-refractivity contribution in [2.75, 3.05) is 13.2 Å². The van der Waals surface area contributed by atoms with Gasteiger partial charge in [0.15, 0.2) is 0 Å². The predicted octanol–water partition coefficient (Wildman–Crippen LogP) is 2.71. The zero-order valence-electron chi connectivity index (χ0n) is 12.1. The third-order valence-corrected chi connectivity index (χ3v) is 2.97. The van der Waals surface area contributed by atoms with Crippen LogP contribution < -0.4 is 10.1 Å². The Morgan fingerprint density at radius 3 is 2.73 bits per heavy atom. The molecule has 0 spiro atoms. The largest absolute Gasteiger partial charge is 0.492 e. The smallest absolute Gasteiger partial charge is 0.270 e. The molecule has 0 saturated heterocycles. The number of rotatable bonds is 6. The second-order valence-corrected chi connectivity index (χ2v) is 4.73. The van der Waals surface area contributed by atoms with Gasteiger partial charge in [-0.05, 0) is 30.7 Å². The maximum absolute atomic E-state index is 11.9. The molecule has 0 radical (unpaired) electrons. The van der Waals surface area contributed by atoms with E-state index >= 15 is 0 Å². The first kappa shape index (κ1) is 15.5. The highest BCUT2D eigenvalue weighted by molar-refractivity contribution is 5.94. The minimum atomic E-state index is -0.530. The van der Waals surface area contributed by atoms with E-state index in [0.717, 1.165) is 11.3 Å². The summed E-state index contributed by atoms with van der Waals surface area (Å²) in [7, 11) is 0. The molecule has 1 amide bonds. The number of nitro groups is 1. The summed E-state index contributed by atoms with van der Waals surface area (Å²) in [5.41, 5.74) is 1.24. The fourth-order valence-electron chi connectivity index (χ4n) is 1.90. The summed E-state index contributed by atoms with van der Waals surface area (Å²) in [5.74, 6) is 0.376. The molecule has 0 unspecified atom stereocenters. The average Bonchev–Trinajstić information content (AvgIpc) is 2.51. The lowest BCUT2D eigenvalue weighted by Crippen LogP contribution is -2.28. The van der Waals surface area contributed by atoms with Crippen LogP contribution in [0.1, 0.15) is 15.9 Å². The molecule has 0 saturated carbocycles. The van der Waals surface area contributed by atoms with E-state index in [1.165, 1.54) is 24.3 Å². The first-order valence-electron chi connectivity index (χ1n) is 6.78. The number of hydrogen-bond acceptors (Lipinski definition) is 4. The van der Waals surface area contributed by atoms with Crippen LogP contribution >= 0.6 is 0 Å². The van der Waals surface area contributed by atoms with Gasteiger partial charge < -0.3 is 10.1 Å². The topological polar surface area (TPSA) is 81.5 Å². The van der Waals surface area contributed by atoms with Crippen molar-refractivity contribution in [3.63, 3.8) is 0 Å². The van der Waals surface area contributed by atoms with Crippen molar-refractivity contribution in [3.05, 3.63) is 69.8 Å². The van der Waals surface area contributed by atoms with Gasteiger partial charge in [0, 0.05) is 17.7 Å². The molecule has 0 aromatic heterocycles. The average molecular weight is 300 g/mol. The second-order valence-electron chi connectivity index (χ2n) is 4.73. The minimum Gasteiger partial charge on any atom is -0.492 e. The lowest BCUT2D eigenvalue weighted by molar-refractivity contribution is -0.384. The van der Waals surface area contributed by atoms with E-state index in [0.29, 0.717) is 13.2 Å². The normalized spacial score (nSPS) is 10.0. The maximum atomic E-state index is 11.9. The fourth-order valence-corrected chi connectivity index (χ4v) is 1.90. The molecule has 0 atom stereocenters. The monoisotopic (exact) mass is 300 g/mol. The number of amides is 1. The van der Waals surface area contributed by atoms with Crippen LogP contribution in [0.4, 0.5) is 5.69 Å². The van der Waals surface area contributed by atoms with Crippen LogP contribution in [0.3, 0.4) is 0 Å². The van der Waals surface area contributed by atoms with Crippen LogP contribution in [0.5, 0.6) is 5.75 Å². The minimum absolute atomic E-state index is 0.108. The fraction of sp³-hybridized carbons (Fsp3) is 0.188. The van der Waals surface area contributed by atoms with Gasteiger partial charge in [-0.15, -0.1) is 0 Å². The van der Waals surface area contributed by atoms with Gasteiger partial charge in [0.05, 0.1) is 11.5 Å². The third kappa shape index (κ3) is 4.31. The van der Waals surface area contributed by atoms with E-state index in [-0.39, 0.29) is 17.2 Å². The van der Waals surface area contributed by atoms with Gasteiger partial charge in [-0.3, -0.25) is 14.9 Å². The molecule has 0 bridgehead atoms. The van der Waals surface area contributed by atoms with Crippen LogP contribution in [0.2, 0.25) is 0 Å². The predicted molar refractivity (Wildman–Crippen MR) is 82.1 cm³/mol. The van der Waals surface area contributed by atoms with Gasteiger partial charge in [-0.1, -0.05) is 18.2 Å². The van der Waals surface area contributed by atoms with Crippen molar-refractivity contribution >= 4 is 11.6 Å². The van der Waals surface area contributed by atoms with Gasteiger partial charge >= 0.3 is 0 Å². The Kier molecular flexibility index (Phi) is 5.08. The highest BCUT2D eigenvalue weighted by Crippen LogP contribution is 2.13. The molecule has 6 nitrogen and oxygen atoms in total. The van der Waals surface area contributed by atoms with E-state index in [4.69, 9.17) is 4.74 Å². The van der Waals surface area contributed by atoms with Gasteiger partial charge in [0.2, 0.25) is 0 Å². The Balaban J connectivity index is 1.83. The highest BCUT2D eigenvalue weighted by atomic mass is 16.6. The van der Waals surface area contributed by atoms with Gasteiger partial charge in [-0.2, -0.15) is 0 Å². The summed E-state index contributed by atoms with van der Waals surface area (Å²) in [6.45, 7) is 2.61. The van der Waals surface area contributed by atoms with Gasteiger partial charge in [0.1, 0.15) is 12.4 Å². The Morgan fingerprint density at radius 2 is 2.00 bits per heavy atom. The quantitative estimate of drug-likeness (QED) is 0.505. The van der Waals surface area contributed by atoms with Crippen LogP contribution in [0, 0.1) is 17.0 Å². The van der Waals surface area contributed by atoms with Gasteiger partial charge in [0.25, 0.3) is 11.6 Å². The number of benzene rings is 2. The molecule has 6 heteroatoms. The van der Waals surface area contributed by atoms with E-state index in [9.17, 15) is 14.9 Å². The van der Waals surface area contributed by atoms with E-state index in [1.807, 2.05) is 31.2 Å². The molecular formula is C16H16N2O4. The van der Waals surface area contributed by atoms with Crippen LogP contribution in [0.25, 0.3) is 0 Å². The Bertz CT molecular complexity index is 685. The molecule has 0 heterocycles. The zero-order valence-corrected chi connectivity index (χ0v) is 12.1. The first-order valence-corrected chi connectivity index (χ1v) is 6.78. The first-order chi connectivity index (χ1) is 10.6. The van der Waals surface area contributed by atoms with Crippen molar-refractivity contribution < 1.29 is 14.5 Å². The van der Waals surface area contributed by atoms with Gasteiger partial charge in [-0.25, -0.2) is 0 Å². The van der Waals surface area contributed by atoms with Crippen molar-refractivity contribution in [1.29, 1.82) is 0 Å². The summed E-state index contributed by atoms with van der Waals surface area (Å²) in [6, 6.07) is 13.2. The SMILES string of the molecule is Cc1cccc(OCCNC(=O)c2cccc([N+](=O)[O-])c2)c1. The number of aryl methyl sites for hydroxylation is 1. The third-order valence-electron chi connectivity index (χ3n) is 2.97. The molecule has 22 heavy (non-hydrogen) atoms. The number of nitro benzene ring substituents is 1. The molecule has 0 aliphatic carbocycles. The zero-order chi connectivity index (χ0) is 15.9. The number of non-ortho nitro benzene ring substituents is 1. The molecule has 0 fully saturated rings. The number of ether oxygens (including phenoxy) is 1. The highest BCUT2D eigenvalue weighted by Gasteiger charge is 2.10. The van der Waals surface area contributed by atoms with Crippen molar-refractivity contribution in [2.45, 2.75) is 6.92 Å². The van der Waals surface area contributed by atoms with Crippen molar-refractivity contribution in [3.8, 4) is 5.75 Å². The summed E-state index contributed by atoms with van der Waals surface area (Å²) >= 11 is 0. The molecule has 2 rings (SSSR count). The van der Waals surface area contributed by atoms with E-state index in [1.54, 1.807) is 0 Å². The number of carbonyl (C=O) groups excluding carboxylic acids is 1. The molecule has 2 aromatic carbocycles. The van der Waals surface area contributed by atoms with Crippen molar-refractivity contribution in [2.24, 2.45) is 0 Å². The Hall–Kier alpha value is -2.89. The molecule has 114 valence electrons. The standard InChI is InChI=1S/C16H16N2O4/c1-12-4-2-7-15(10-12)22-9-8-17-16(19)13-5-3-6-14(11-13)18(20)21/h2-7,10-11H,8-9H2,1H3,(H,17,19). The summed E-state index contributed by atoms with van der Waals surface area (Å²) in [6.07, 6.45) is 0. The maximum Gasteiger partial charge on any atom is 0.270 e. The lowest BCUT2D eigenvalue weighted by Gasteiger charge is -2.08. The number of nitrogens with one attached hydrogen (secondary N) is 1. The number of carbonyl (C=O) groups is 1. The molecule has 1 N–H and O–H groups in total. The van der Waals surface area contributed by atoms with Crippen LogP contribution in [-0.2, 0) is 0 Å². The lowest BCUT2D eigenvalue weighted by atomic mass is 10.2. The summed E-state index contributed by atoms with van der Waals surface area (Å²) in [5, 5.41) is 13.3. The van der Waals surface area contributed by atoms with Crippen molar-refractivity contribution in [1.82, 2.24) is 5.32 Å². The second kappa shape index (κ2) is 7.21. The molecule has 2 aromatic rings. The summed E-state index contributed by atoms with van der Waals surface area (Å²) < 4.78 is 5.51. The van der Waals surface area contributed by atoms with Crippen LogP contribution in [-0.4, -0.2) is 24.0 Å². The number of nitrogens with zero attached hydrogens (tertiary/aromatic N) is 1. The molecule has 0 aliphatic rings. The van der Waals surface area contributed by atoms with E-state index < -0.39 is 4.92 Å². The van der Waals surface area contributed by atoms with E-state index in [2.05, 4.69) is 5.32 Å².